The third kappa shape index (κ3) is 6.67. The summed E-state index contributed by atoms with van der Waals surface area (Å²) in [5.41, 5.74) is 1.49. The zero-order valence-corrected chi connectivity index (χ0v) is 24.2. The highest BCUT2D eigenvalue weighted by Crippen LogP contribution is 2.33. The Morgan fingerprint density at radius 2 is 1.62 bits per heavy atom. The second kappa shape index (κ2) is 11.5. The summed E-state index contributed by atoms with van der Waals surface area (Å²) in [5.74, 6) is 0.264. The second-order valence-electron chi connectivity index (χ2n) is 9.59. The average molecular weight is 581 g/mol. The molecule has 208 valence electrons. The Bertz CT molecular complexity index is 1720. The van der Waals surface area contributed by atoms with Crippen molar-refractivity contribution in [3.63, 3.8) is 0 Å². The first-order valence-corrected chi connectivity index (χ1v) is 14.1. The van der Waals surface area contributed by atoms with Crippen LogP contribution in [-0.4, -0.2) is 42.7 Å². The number of anilines is 4. The number of methoxy groups -OCH3 is 1. The minimum Gasteiger partial charge on any atom is -0.497 e. The fraction of sp³-hybridized carbons (Fsp3) is 0.214. The van der Waals surface area contributed by atoms with Gasteiger partial charge in [-0.2, -0.15) is 0 Å². The van der Waals surface area contributed by atoms with Crippen LogP contribution in [-0.2, 0) is 14.8 Å². The van der Waals surface area contributed by atoms with Crippen LogP contribution >= 0.6 is 11.6 Å². The van der Waals surface area contributed by atoms with E-state index in [1.807, 2.05) is 0 Å². The first-order chi connectivity index (χ1) is 18.9. The molecule has 1 aromatic heterocycles. The molecule has 0 aliphatic heterocycles. The first kappa shape index (κ1) is 28.8. The van der Waals surface area contributed by atoms with Gasteiger partial charge >= 0.3 is 0 Å². The van der Waals surface area contributed by atoms with Crippen LogP contribution in [0.3, 0.4) is 0 Å². The summed E-state index contributed by atoms with van der Waals surface area (Å²) in [4.78, 5) is 26.2. The van der Waals surface area contributed by atoms with Crippen molar-refractivity contribution >= 4 is 67.3 Å². The van der Waals surface area contributed by atoms with Crippen molar-refractivity contribution < 1.29 is 17.9 Å². The number of nitrogens with zero attached hydrogens (tertiary/aromatic N) is 3. The van der Waals surface area contributed by atoms with Crippen molar-refractivity contribution in [2.75, 3.05) is 22.5 Å². The van der Waals surface area contributed by atoms with Crippen LogP contribution in [0.15, 0.2) is 76.6 Å². The number of sulfonamides is 1. The number of rotatable bonds is 9. The number of fused-ring (bicyclic) bond motifs is 1. The molecule has 0 aliphatic rings. The summed E-state index contributed by atoms with van der Waals surface area (Å²) < 4.78 is 34.8. The summed E-state index contributed by atoms with van der Waals surface area (Å²) in [6.45, 7) is 6.96. The van der Waals surface area contributed by atoms with Gasteiger partial charge in [0.15, 0.2) is 11.6 Å². The molecule has 0 radical (unpaired) electrons. The van der Waals surface area contributed by atoms with Crippen molar-refractivity contribution in [1.82, 2.24) is 9.97 Å². The van der Waals surface area contributed by atoms with Crippen LogP contribution < -0.4 is 20.1 Å². The minimum absolute atomic E-state index is 0.0408. The summed E-state index contributed by atoms with van der Waals surface area (Å²) in [7, 11) is -2.64. The Kier molecular flexibility index (Phi) is 8.26. The van der Waals surface area contributed by atoms with Gasteiger partial charge in [0, 0.05) is 17.5 Å². The molecule has 4 aromatic rings. The number of hydrogen-bond acceptors (Lipinski definition) is 8. The number of hydrogen-bond donors (Lipinski definition) is 3. The zero-order valence-electron chi connectivity index (χ0n) is 22.6. The molecule has 3 aromatic carbocycles. The number of amides is 1. The van der Waals surface area contributed by atoms with E-state index in [2.05, 4.69) is 30.3 Å². The quantitative estimate of drug-likeness (QED) is 0.206. The molecule has 3 N–H and O–H groups in total. The molecule has 0 atom stereocenters. The Labute approximate surface area is 237 Å². The maximum Gasteiger partial charge on any atom is 0.263 e. The summed E-state index contributed by atoms with van der Waals surface area (Å²) in [6.07, 6.45) is 0. The lowest BCUT2D eigenvalue weighted by Gasteiger charge is -2.20. The number of nitrogens with one attached hydrogen (secondary N) is 3. The highest BCUT2D eigenvalue weighted by Gasteiger charge is 2.27. The Morgan fingerprint density at radius 1 is 0.950 bits per heavy atom. The number of carbonyl (C=O) groups excluding carboxylic acids is 1. The van der Waals surface area contributed by atoms with E-state index in [-0.39, 0.29) is 22.4 Å². The van der Waals surface area contributed by atoms with Crippen molar-refractivity contribution in [3.05, 3.63) is 71.8 Å². The van der Waals surface area contributed by atoms with Gasteiger partial charge < -0.3 is 15.4 Å². The molecule has 4 rings (SSSR count). The number of halogens is 1. The van der Waals surface area contributed by atoms with E-state index in [0.29, 0.717) is 33.2 Å². The number of benzene rings is 3. The molecule has 0 fully saturated rings. The van der Waals surface area contributed by atoms with Crippen LogP contribution in [0.1, 0.15) is 27.7 Å². The minimum atomic E-state index is -4.16. The molecule has 0 unspecified atom stereocenters. The summed E-state index contributed by atoms with van der Waals surface area (Å²) in [5, 5.41) is 6.19. The van der Waals surface area contributed by atoms with E-state index in [9.17, 15) is 13.2 Å². The first-order valence-electron chi connectivity index (χ1n) is 12.2. The van der Waals surface area contributed by atoms with Crippen molar-refractivity contribution in [2.24, 2.45) is 4.99 Å². The van der Waals surface area contributed by atoms with E-state index in [1.54, 1.807) is 76.2 Å². The number of aliphatic imine (C=N–C) groups is 1. The Morgan fingerprint density at radius 3 is 2.27 bits per heavy atom. The summed E-state index contributed by atoms with van der Waals surface area (Å²) >= 11 is 6.37. The standard InChI is InChI=1S/C28H29ClN6O4S/c1-17(2)34-28(3,4)27(36)30-18-9-8-10-20(15-18)40(37,38)35-26-25(31-22-11-6-7-12-23(22)32-26)33-24-16-19(39-5)13-14-21(24)29/h6-16H,1-5H3,(H,30,36)(H,31,33)(H,32,35). The molecule has 1 heterocycles. The normalized spacial score (nSPS) is 11.6. The van der Waals surface area contributed by atoms with Gasteiger partial charge in [0.2, 0.25) is 0 Å². The van der Waals surface area contributed by atoms with Crippen LogP contribution in [0, 0.1) is 0 Å². The zero-order chi connectivity index (χ0) is 29.1. The Balaban J connectivity index is 1.69. The Hall–Kier alpha value is -4.22. The van der Waals surface area contributed by atoms with Gasteiger partial charge in [0.05, 0.1) is 33.7 Å². The highest BCUT2D eigenvalue weighted by molar-refractivity contribution is 7.92. The smallest absolute Gasteiger partial charge is 0.263 e. The van der Waals surface area contributed by atoms with E-state index in [1.165, 1.54) is 25.3 Å². The molecular weight excluding hydrogens is 552 g/mol. The second-order valence-corrected chi connectivity index (χ2v) is 11.7. The predicted molar refractivity (Wildman–Crippen MR) is 160 cm³/mol. The largest absolute Gasteiger partial charge is 0.497 e. The molecule has 0 saturated carbocycles. The van der Waals surface area contributed by atoms with Crippen molar-refractivity contribution in [2.45, 2.75) is 38.1 Å². The number of para-hydroxylation sites is 2. The highest BCUT2D eigenvalue weighted by atomic mass is 35.5. The van der Waals surface area contributed by atoms with Gasteiger partial charge in [-0.1, -0.05) is 29.8 Å². The topological polar surface area (TPSA) is 135 Å². The van der Waals surface area contributed by atoms with Gasteiger partial charge in [-0.3, -0.25) is 14.5 Å². The molecule has 12 heteroatoms. The third-order valence-electron chi connectivity index (χ3n) is 5.69. The average Bonchev–Trinajstić information content (AvgIpc) is 2.89. The molecule has 1 amide bonds. The van der Waals surface area contributed by atoms with Crippen LogP contribution in [0.5, 0.6) is 5.75 Å². The van der Waals surface area contributed by atoms with Gasteiger partial charge in [0.25, 0.3) is 15.9 Å². The molecular formula is C28H29ClN6O4S. The van der Waals surface area contributed by atoms with Gasteiger partial charge in [-0.05, 0) is 70.2 Å². The number of carbonyl (C=O) groups is 1. The third-order valence-corrected chi connectivity index (χ3v) is 7.36. The fourth-order valence-corrected chi connectivity index (χ4v) is 5.05. The van der Waals surface area contributed by atoms with Crippen LogP contribution in [0.25, 0.3) is 11.0 Å². The molecule has 0 bridgehead atoms. The molecule has 10 nitrogen and oxygen atoms in total. The fourth-order valence-electron chi connectivity index (χ4n) is 3.83. The summed E-state index contributed by atoms with van der Waals surface area (Å²) in [6, 6.07) is 18.0. The SMILES string of the molecule is COc1ccc(Cl)c(Nc2nc3ccccc3nc2NS(=O)(=O)c2cccc(NC(=O)C(C)(C)N=C(C)C)c2)c1. The van der Waals surface area contributed by atoms with Crippen molar-refractivity contribution in [1.29, 1.82) is 0 Å². The van der Waals surface area contributed by atoms with Gasteiger partial charge in [0.1, 0.15) is 11.3 Å². The van der Waals surface area contributed by atoms with E-state index in [4.69, 9.17) is 16.3 Å². The van der Waals surface area contributed by atoms with E-state index >= 15 is 0 Å². The molecule has 0 saturated heterocycles. The monoisotopic (exact) mass is 580 g/mol. The lowest BCUT2D eigenvalue weighted by molar-refractivity contribution is -0.120. The lowest BCUT2D eigenvalue weighted by Crippen LogP contribution is -2.36. The van der Waals surface area contributed by atoms with Gasteiger partial charge in [-0.25, -0.2) is 18.4 Å². The molecule has 0 spiro atoms. The van der Waals surface area contributed by atoms with E-state index < -0.39 is 15.6 Å². The lowest BCUT2D eigenvalue weighted by atomic mass is 10.1. The van der Waals surface area contributed by atoms with Crippen molar-refractivity contribution in [3.8, 4) is 5.75 Å². The number of ether oxygens (including phenoxy) is 1. The van der Waals surface area contributed by atoms with E-state index in [0.717, 1.165) is 5.71 Å². The van der Waals surface area contributed by atoms with Crippen LogP contribution in [0.2, 0.25) is 5.02 Å². The van der Waals surface area contributed by atoms with Gasteiger partial charge in [-0.15, -0.1) is 0 Å². The predicted octanol–water partition coefficient (Wildman–Crippen LogP) is 6.03. The molecule has 40 heavy (non-hydrogen) atoms. The van der Waals surface area contributed by atoms with Crippen LogP contribution in [0.4, 0.5) is 23.0 Å². The number of aromatic nitrogens is 2. The maximum absolute atomic E-state index is 13.5. The maximum atomic E-state index is 13.5. The molecule has 0 aliphatic carbocycles.